The lowest BCUT2D eigenvalue weighted by Crippen LogP contribution is -2.48. The Balaban J connectivity index is 1.51. The number of hydrogen-bond donors (Lipinski definition) is 1. The van der Waals surface area contributed by atoms with Gasteiger partial charge in [-0.1, -0.05) is 32.0 Å². The lowest BCUT2D eigenvalue weighted by atomic mass is 10.0. The van der Waals surface area contributed by atoms with Crippen molar-refractivity contribution in [3.63, 3.8) is 0 Å². The second-order valence-corrected chi connectivity index (χ2v) is 7.66. The number of carbonyl (C=O) groups is 2. The molecule has 0 spiro atoms. The molecule has 2 aromatic rings. The molecule has 1 saturated heterocycles. The fraction of sp³-hybridized carbons (Fsp3) is 0.391. The maximum Gasteiger partial charge on any atom is 0.238 e. The first-order chi connectivity index (χ1) is 13.4. The Bertz CT molecular complexity index is 822. The van der Waals surface area contributed by atoms with Gasteiger partial charge in [-0.2, -0.15) is 0 Å². The minimum atomic E-state index is 0.0346. The van der Waals surface area contributed by atoms with Gasteiger partial charge in [-0.25, -0.2) is 0 Å². The summed E-state index contributed by atoms with van der Waals surface area (Å²) in [5.74, 6) is 0.489. The van der Waals surface area contributed by atoms with Crippen molar-refractivity contribution >= 4 is 23.1 Å². The zero-order chi connectivity index (χ0) is 20.1. The highest BCUT2D eigenvalue weighted by atomic mass is 16.2. The number of nitrogens with one attached hydrogen (secondary N) is 1. The van der Waals surface area contributed by atoms with E-state index in [1.165, 1.54) is 0 Å². The maximum absolute atomic E-state index is 12.5. The number of amides is 1. The lowest BCUT2D eigenvalue weighted by Gasteiger charge is -2.35. The molecule has 3 rings (SSSR count). The van der Waals surface area contributed by atoms with Crippen molar-refractivity contribution in [1.29, 1.82) is 0 Å². The average molecular weight is 380 g/mol. The van der Waals surface area contributed by atoms with E-state index in [-0.39, 0.29) is 11.7 Å². The molecular weight excluding hydrogens is 350 g/mol. The van der Waals surface area contributed by atoms with Gasteiger partial charge in [-0.3, -0.25) is 14.5 Å². The standard InChI is InChI=1S/C23H29N3O2/c1-17(2)21-6-4-5-7-22(21)24-23(28)16-25-12-14-26(15-13-25)20-10-8-19(9-11-20)18(3)27/h4-11,17H,12-16H2,1-3H3,(H,24,28). The molecule has 0 unspecified atom stereocenters. The van der Waals surface area contributed by atoms with E-state index in [0.717, 1.165) is 48.7 Å². The maximum atomic E-state index is 12.5. The van der Waals surface area contributed by atoms with Crippen LogP contribution in [0.15, 0.2) is 48.5 Å². The summed E-state index contributed by atoms with van der Waals surface area (Å²) < 4.78 is 0. The van der Waals surface area contributed by atoms with Crippen LogP contribution in [0, 0.1) is 0 Å². The third-order valence-electron chi connectivity index (χ3n) is 5.24. The Hall–Kier alpha value is -2.66. The molecule has 1 heterocycles. The van der Waals surface area contributed by atoms with Crippen LogP contribution < -0.4 is 10.2 Å². The molecule has 0 radical (unpaired) electrons. The van der Waals surface area contributed by atoms with Gasteiger partial charge in [0.2, 0.25) is 5.91 Å². The van der Waals surface area contributed by atoms with E-state index in [1.54, 1.807) is 6.92 Å². The fourth-order valence-electron chi connectivity index (χ4n) is 3.58. The molecule has 0 aromatic heterocycles. The van der Waals surface area contributed by atoms with Crippen molar-refractivity contribution in [2.24, 2.45) is 0 Å². The number of rotatable bonds is 6. The highest BCUT2D eigenvalue weighted by Crippen LogP contribution is 2.23. The normalized spacial score (nSPS) is 14.9. The topological polar surface area (TPSA) is 52.7 Å². The van der Waals surface area contributed by atoms with E-state index < -0.39 is 0 Å². The van der Waals surface area contributed by atoms with Crippen molar-refractivity contribution in [2.45, 2.75) is 26.7 Å². The van der Waals surface area contributed by atoms with Crippen LogP contribution in [0.25, 0.3) is 0 Å². The predicted octanol–water partition coefficient (Wildman–Crippen LogP) is 3.77. The number of ketones is 1. The van der Waals surface area contributed by atoms with E-state index in [4.69, 9.17) is 0 Å². The minimum absolute atomic E-state index is 0.0346. The Kier molecular flexibility index (Phi) is 6.47. The monoisotopic (exact) mass is 379 g/mol. The van der Waals surface area contributed by atoms with Crippen LogP contribution in [0.2, 0.25) is 0 Å². The quantitative estimate of drug-likeness (QED) is 0.776. The molecular formula is C23H29N3O2. The van der Waals surface area contributed by atoms with Crippen molar-refractivity contribution in [3.05, 3.63) is 59.7 Å². The number of piperazine rings is 1. The molecule has 1 aliphatic rings. The van der Waals surface area contributed by atoms with Crippen LogP contribution in [0.5, 0.6) is 0 Å². The van der Waals surface area contributed by atoms with E-state index in [1.807, 2.05) is 42.5 Å². The third-order valence-corrected chi connectivity index (χ3v) is 5.24. The summed E-state index contributed by atoms with van der Waals surface area (Å²) >= 11 is 0. The van der Waals surface area contributed by atoms with Crippen LogP contribution >= 0.6 is 0 Å². The van der Waals surface area contributed by atoms with Gasteiger partial charge in [-0.15, -0.1) is 0 Å². The second-order valence-electron chi connectivity index (χ2n) is 7.66. The Morgan fingerprint density at radius 2 is 1.61 bits per heavy atom. The number of hydrogen-bond acceptors (Lipinski definition) is 4. The fourth-order valence-corrected chi connectivity index (χ4v) is 3.58. The van der Waals surface area contributed by atoms with Gasteiger partial charge in [0, 0.05) is 43.1 Å². The molecule has 28 heavy (non-hydrogen) atoms. The van der Waals surface area contributed by atoms with E-state index >= 15 is 0 Å². The van der Waals surface area contributed by atoms with Gasteiger partial charge in [-0.05, 0) is 48.7 Å². The molecule has 1 fully saturated rings. The van der Waals surface area contributed by atoms with Gasteiger partial charge in [0.1, 0.15) is 0 Å². The summed E-state index contributed by atoms with van der Waals surface area (Å²) in [6.45, 7) is 9.67. The summed E-state index contributed by atoms with van der Waals surface area (Å²) in [4.78, 5) is 28.4. The molecule has 1 N–H and O–H groups in total. The number of benzene rings is 2. The van der Waals surface area contributed by atoms with Gasteiger partial charge < -0.3 is 10.2 Å². The molecule has 148 valence electrons. The molecule has 0 aliphatic carbocycles. The Morgan fingerprint density at radius 3 is 2.21 bits per heavy atom. The first kappa shape index (κ1) is 20.1. The molecule has 0 saturated carbocycles. The number of anilines is 2. The van der Waals surface area contributed by atoms with Gasteiger partial charge >= 0.3 is 0 Å². The summed E-state index contributed by atoms with van der Waals surface area (Å²) in [5.41, 5.74) is 3.93. The highest BCUT2D eigenvalue weighted by molar-refractivity contribution is 5.94. The second kappa shape index (κ2) is 9.02. The molecule has 2 aromatic carbocycles. The first-order valence-electron chi connectivity index (χ1n) is 9.91. The number of nitrogens with zero attached hydrogens (tertiary/aromatic N) is 2. The molecule has 0 atom stereocenters. The lowest BCUT2D eigenvalue weighted by molar-refractivity contribution is -0.117. The zero-order valence-electron chi connectivity index (χ0n) is 16.9. The molecule has 0 bridgehead atoms. The third kappa shape index (κ3) is 4.98. The van der Waals surface area contributed by atoms with Crippen LogP contribution in [0.4, 0.5) is 11.4 Å². The largest absolute Gasteiger partial charge is 0.369 e. The van der Waals surface area contributed by atoms with Crippen LogP contribution in [0.1, 0.15) is 42.6 Å². The van der Waals surface area contributed by atoms with Gasteiger partial charge in [0.05, 0.1) is 6.54 Å². The van der Waals surface area contributed by atoms with Crippen LogP contribution in [0.3, 0.4) is 0 Å². The molecule has 1 amide bonds. The van der Waals surface area contributed by atoms with Crippen molar-refractivity contribution in [2.75, 3.05) is 42.9 Å². The van der Waals surface area contributed by atoms with Crippen molar-refractivity contribution in [3.8, 4) is 0 Å². The van der Waals surface area contributed by atoms with E-state index in [2.05, 4.69) is 35.0 Å². The van der Waals surface area contributed by atoms with Gasteiger partial charge in [0.25, 0.3) is 0 Å². The summed E-state index contributed by atoms with van der Waals surface area (Å²) in [6, 6.07) is 15.8. The van der Waals surface area contributed by atoms with E-state index in [9.17, 15) is 9.59 Å². The van der Waals surface area contributed by atoms with Gasteiger partial charge in [0.15, 0.2) is 5.78 Å². The Morgan fingerprint density at radius 1 is 0.964 bits per heavy atom. The summed E-state index contributed by atoms with van der Waals surface area (Å²) in [7, 11) is 0. The highest BCUT2D eigenvalue weighted by Gasteiger charge is 2.20. The molecule has 5 nitrogen and oxygen atoms in total. The Labute approximate surface area is 167 Å². The van der Waals surface area contributed by atoms with Crippen molar-refractivity contribution < 1.29 is 9.59 Å². The smallest absolute Gasteiger partial charge is 0.238 e. The number of Topliss-reactive ketones (excluding diaryl/α,β-unsaturated/α-hetero) is 1. The number of para-hydroxylation sites is 1. The summed E-state index contributed by atoms with van der Waals surface area (Å²) in [6.07, 6.45) is 0. The zero-order valence-corrected chi connectivity index (χ0v) is 16.9. The molecule has 1 aliphatic heterocycles. The van der Waals surface area contributed by atoms with Crippen molar-refractivity contribution in [1.82, 2.24) is 4.90 Å². The first-order valence-corrected chi connectivity index (χ1v) is 9.91. The molecule has 5 heteroatoms. The SMILES string of the molecule is CC(=O)c1ccc(N2CCN(CC(=O)Nc3ccccc3C(C)C)CC2)cc1. The number of carbonyl (C=O) groups excluding carboxylic acids is 2. The average Bonchev–Trinajstić information content (AvgIpc) is 2.69. The minimum Gasteiger partial charge on any atom is -0.369 e. The summed E-state index contributed by atoms with van der Waals surface area (Å²) in [5, 5.41) is 3.07. The van der Waals surface area contributed by atoms with Crippen LogP contribution in [-0.4, -0.2) is 49.3 Å². The predicted molar refractivity (Wildman–Crippen MR) is 114 cm³/mol. The van der Waals surface area contributed by atoms with Crippen LogP contribution in [-0.2, 0) is 4.79 Å². The van der Waals surface area contributed by atoms with E-state index in [0.29, 0.717) is 12.5 Å².